The lowest BCUT2D eigenvalue weighted by atomic mass is 10.2. The molecule has 3 heteroatoms. The lowest BCUT2D eigenvalue weighted by molar-refractivity contribution is -0.156. The van der Waals surface area contributed by atoms with E-state index in [1.807, 2.05) is 13.8 Å². The quantitative estimate of drug-likeness (QED) is 0.465. The van der Waals surface area contributed by atoms with Gasteiger partial charge >= 0.3 is 0 Å². The van der Waals surface area contributed by atoms with Crippen molar-refractivity contribution in [1.82, 2.24) is 0 Å². The summed E-state index contributed by atoms with van der Waals surface area (Å²) >= 11 is 0. The standard InChI is InChI=1S/C7H12O3/c1-4-7-6(10-7)3-8-5(2)9-4/h4-7H,3H2,1-2H3. The number of hydrogen-bond donors (Lipinski definition) is 0. The van der Waals surface area contributed by atoms with Crippen LogP contribution in [0, 0.1) is 0 Å². The number of hydrogen-bond acceptors (Lipinski definition) is 3. The van der Waals surface area contributed by atoms with E-state index in [0.717, 1.165) is 0 Å². The summed E-state index contributed by atoms with van der Waals surface area (Å²) in [7, 11) is 0. The highest BCUT2D eigenvalue weighted by atomic mass is 16.7. The van der Waals surface area contributed by atoms with Crippen molar-refractivity contribution >= 4 is 0 Å². The number of epoxide rings is 1. The summed E-state index contributed by atoms with van der Waals surface area (Å²) < 4.78 is 16.0. The Bertz CT molecular complexity index is 135. The number of rotatable bonds is 0. The van der Waals surface area contributed by atoms with Crippen LogP contribution >= 0.6 is 0 Å². The first-order chi connectivity index (χ1) is 4.77. The van der Waals surface area contributed by atoms with E-state index in [0.29, 0.717) is 18.8 Å². The van der Waals surface area contributed by atoms with E-state index in [2.05, 4.69) is 0 Å². The van der Waals surface area contributed by atoms with Crippen molar-refractivity contribution in [2.45, 2.75) is 38.4 Å². The molecule has 0 spiro atoms. The van der Waals surface area contributed by atoms with Crippen molar-refractivity contribution in [3.05, 3.63) is 0 Å². The molecule has 2 heterocycles. The third kappa shape index (κ3) is 1.05. The highest BCUT2D eigenvalue weighted by Crippen LogP contribution is 2.30. The Morgan fingerprint density at radius 1 is 1.20 bits per heavy atom. The molecule has 0 N–H and O–H groups in total. The lowest BCUT2D eigenvalue weighted by Gasteiger charge is -2.14. The maximum absolute atomic E-state index is 5.42. The molecule has 2 rings (SSSR count). The molecular formula is C7H12O3. The van der Waals surface area contributed by atoms with Gasteiger partial charge in [-0.15, -0.1) is 0 Å². The minimum atomic E-state index is -0.0635. The molecule has 2 saturated heterocycles. The maximum Gasteiger partial charge on any atom is 0.155 e. The second-order valence-corrected chi connectivity index (χ2v) is 2.88. The summed E-state index contributed by atoms with van der Waals surface area (Å²) in [5.41, 5.74) is 0. The summed E-state index contributed by atoms with van der Waals surface area (Å²) in [5, 5.41) is 0. The van der Waals surface area contributed by atoms with Crippen molar-refractivity contribution in [3.63, 3.8) is 0 Å². The Morgan fingerprint density at radius 3 is 2.80 bits per heavy atom. The molecule has 2 fully saturated rings. The van der Waals surface area contributed by atoms with Gasteiger partial charge in [-0.1, -0.05) is 0 Å². The van der Waals surface area contributed by atoms with E-state index in [4.69, 9.17) is 14.2 Å². The molecule has 2 aliphatic heterocycles. The molecule has 3 nitrogen and oxygen atoms in total. The largest absolute Gasteiger partial charge is 0.364 e. The summed E-state index contributed by atoms with van der Waals surface area (Å²) in [4.78, 5) is 0. The topological polar surface area (TPSA) is 31.0 Å². The van der Waals surface area contributed by atoms with Gasteiger partial charge in [0.15, 0.2) is 6.29 Å². The Hall–Kier alpha value is -0.120. The van der Waals surface area contributed by atoms with Crippen molar-refractivity contribution < 1.29 is 14.2 Å². The maximum atomic E-state index is 5.42. The van der Waals surface area contributed by atoms with Crippen LogP contribution < -0.4 is 0 Å². The van der Waals surface area contributed by atoms with E-state index < -0.39 is 0 Å². The van der Waals surface area contributed by atoms with Gasteiger partial charge in [-0.05, 0) is 13.8 Å². The van der Waals surface area contributed by atoms with Gasteiger partial charge in [0, 0.05) is 0 Å². The molecule has 58 valence electrons. The molecule has 0 aromatic rings. The van der Waals surface area contributed by atoms with Crippen LogP contribution in [0.1, 0.15) is 13.8 Å². The van der Waals surface area contributed by atoms with Gasteiger partial charge in [0.25, 0.3) is 0 Å². The van der Waals surface area contributed by atoms with Crippen LogP contribution in [0.5, 0.6) is 0 Å². The van der Waals surface area contributed by atoms with Gasteiger partial charge in [-0.25, -0.2) is 0 Å². The lowest BCUT2D eigenvalue weighted by Crippen LogP contribution is -2.20. The molecule has 10 heavy (non-hydrogen) atoms. The van der Waals surface area contributed by atoms with Crippen LogP contribution in [0.15, 0.2) is 0 Å². The van der Waals surface area contributed by atoms with Crippen LogP contribution in [-0.4, -0.2) is 31.2 Å². The molecule has 0 aliphatic carbocycles. The van der Waals surface area contributed by atoms with Crippen molar-refractivity contribution in [3.8, 4) is 0 Å². The summed E-state index contributed by atoms with van der Waals surface area (Å²) in [6.07, 6.45) is 0.735. The zero-order valence-corrected chi connectivity index (χ0v) is 6.24. The third-order valence-corrected chi connectivity index (χ3v) is 1.99. The highest BCUT2D eigenvalue weighted by molar-refractivity contribution is 4.90. The van der Waals surface area contributed by atoms with Crippen LogP contribution in [0.25, 0.3) is 0 Å². The van der Waals surface area contributed by atoms with Gasteiger partial charge in [0.05, 0.1) is 12.7 Å². The predicted molar refractivity (Wildman–Crippen MR) is 34.6 cm³/mol. The molecule has 2 aliphatic rings. The van der Waals surface area contributed by atoms with Crippen molar-refractivity contribution in [2.24, 2.45) is 0 Å². The van der Waals surface area contributed by atoms with E-state index >= 15 is 0 Å². The van der Waals surface area contributed by atoms with Crippen LogP contribution in [0.4, 0.5) is 0 Å². The fraction of sp³-hybridized carbons (Fsp3) is 1.00. The molecule has 0 aromatic carbocycles. The minimum absolute atomic E-state index is 0.0635. The van der Waals surface area contributed by atoms with Gasteiger partial charge in [0.1, 0.15) is 12.2 Å². The average molecular weight is 144 g/mol. The Morgan fingerprint density at radius 2 is 2.00 bits per heavy atom. The molecule has 0 aromatic heterocycles. The monoisotopic (exact) mass is 144 g/mol. The highest BCUT2D eigenvalue weighted by Gasteiger charge is 2.46. The first kappa shape index (κ1) is 6.58. The van der Waals surface area contributed by atoms with Gasteiger partial charge in [0.2, 0.25) is 0 Å². The van der Waals surface area contributed by atoms with Crippen LogP contribution in [-0.2, 0) is 14.2 Å². The summed E-state index contributed by atoms with van der Waals surface area (Å²) in [6, 6.07) is 0. The molecule has 0 radical (unpaired) electrons. The Kier molecular flexibility index (Phi) is 1.44. The molecule has 4 unspecified atom stereocenters. The first-order valence-electron chi connectivity index (χ1n) is 3.70. The zero-order chi connectivity index (χ0) is 7.14. The zero-order valence-electron chi connectivity index (χ0n) is 6.24. The fourth-order valence-electron chi connectivity index (χ4n) is 1.35. The molecule has 4 atom stereocenters. The molecule has 0 bridgehead atoms. The average Bonchev–Trinajstić information content (AvgIpc) is 2.59. The van der Waals surface area contributed by atoms with E-state index in [1.54, 1.807) is 0 Å². The SMILES string of the molecule is CC1OCC2OC2C(C)O1. The van der Waals surface area contributed by atoms with Gasteiger partial charge in [-0.3, -0.25) is 0 Å². The molecule has 0 amide bonds. The second kappa shape index (κ2) is 2.19. The fourth-order valence-corrected chi connectivity index (χ4v) is 1.35. The Balaban J connectivity index is 1.97. The summed E-state index contributed by atoms with van der Waals surface area (Å²) in [5.74, 6) is 0. The Labute approximate surface area is 60.3 Å². The number of ether oxygens (including phenoxy) is 3. The molecular weight excluding hydrogens is 132 g/mol. The third-order valence-electron chi connectivity index (χ3n) is 1.99. The minimum Gasteiger partial charge on any atom is -0.364 e. The summed E-state index contributed by atoms with van der Waals surface area (Å²) in [6.45, 7) is 4.63. The molecule has 0 saturated carbocycles. The normalized spacial score (nSPS) is 53.4. The predicted octanol–water partition coefficient (Wildman–Crippen LogP) is 0.535. The van der Waals surface area contributed by atoms with Crippen molar-refractivity contribution in [1.29, 1.82) is 0 Å². The van der Waals surface area contributed by atoms with E-state index in [1.165, 1.54) is 0 Å². The first-order valence-corrected chi connectivity index (χ1v) is 3.70. The van der Waals surface area contributed by atoms with Crippen molar-refractivity contribution in [2.75, 3.05) is 6.61 Å². The van der Waals surface area contributed by atoms with Crippen LogP contribution in [0.3, 0.4) is 0 Å². The van der Waals surface area contributed by atoms with Crippen LogP contribution in [0.2, 0.25) is 0 Å². The smallest absolute Gasteiger partial charge is 0.155 e. The van der Waals surface area contributed by atoms with Gasteiger partial charge < -0.3 is 14.2 Å². The van der Waals surface area contributed by atoms with E-state index in [-0.39, 0.29) is 12.4 Å². The van der Waals surface area contributed by atoms with E-state index in [9.17, 15) is 0 Å². The van der Waals surface area contributed by atoms with Gasteiger partial charge in [-0.2, -0.15) is 0 Å². The second-order valence-electron chi connectivity index (χ2n) is 2.88. The number of fused-ring (bicyclic) bond motifs is 1.